The van der Waals surface area contributed by atoms with Gasteiger partial charge in [0, 0.05) is 19.3 Å². The molecule has 29 heavy (non-hydrogen) atoms. The Labute approximate surface area is 185 Å². The zero-order valence-corrected chi connectivity index (χ0v) is 19.1. The lowest BCUT2D eigenvalue weighted by Gasteiger charge is -2.20. The molecule has 1 aromatic heterocycles. The summed E-state index contributed by atoms with van der Waals surface area (Å²) in [4.78, 5) is 16.6. The number of nitrogens with zero attached hydrogens (tertiary/aromatic N) is 2. The zero-order chi connectivity index (χ0) is 21.8. The quantitative estimate of drug-likeness (QED) is 0.590. The molecular weight excluding hydrogens is 461 g/mol. The van der Waals surface area contributed by atoms with Gasteiger partial charge in [-0.2, -0.15) is 4.31 Å². The Bertz CT molecular complexity index is 1010. The first-order valence-electron chi connectivity index (χ1n) is 8.75. The van der Waals surface area contributed by atoms with Gasteiger partial charge in [0.25, 0.3) is 5.91 Å². The highest BCUT2D eigenvalue weighted by Gasteiger charge is 2.24. The zero-order valence-electron chi connectivity index (χ0n) is 16.0. The smallest absolute Gasteiger partial charge is 0.275 e. The van der Waals surface area contributed by atoms with Gasteiger partial charge in [-0.15, -0.1) is 0 Å². The van der Waals surface area contributed by atoms with Crippen LogP contribution in [0.2, 0.25) is 15.1 Å². The normalized spacial score (nSPS) is 11.6. The number of sulfonamides is 1. The molecule has 0 radical (unpaired) electrons. The molecular formula is C18H20Cl3N3O4S. The Morgan fingerprint density at radius 2 is 1.79 bits per heavy atom. The third-order valence-corrected chi connectivity index (χ3v) is 7.26. The van der Waals surface area contributed by atoms with Crippen LogP contribution < -0.4 is 10.1 Å². The predicted octanol–water partition coefficient (Wildman–Crippen LogP) is 4.72. The molecule has 0 atom stereocenters. The van der Waals surface area contributed by atoms with Crippen molar-refractivity contribution in [2.45, 2.75) is 25.7 Å². The molecule has 7 nitrogen and oxygen atoms in total. The van der Waals surface area contributed by atoms with Crippen LogP contribution >= 0.6 is 34.8 Å². The van der Waals surface area contributed by atoms with Crippen molar-refractivity contribution in [2.24, 2.45) is 0 Å². The number of ether oxygens (including phenoxy) is 1. The minimum absolute atomic E-state index is 0.00335. The number of carbonyl (C=O) groups is 1. The van der Waals surface area contributed by atoms with E-state index in [-0.39, 0.29) is 31.3 Å². The highest BCUT2D eigenvalue weighted by molar-refractivity contribution is 7.89. The lowest BCUT2D eigenvalue weighted by molar-refractivity contribution is 0.102. The maximum Gasteiger partial charge on any atom is 0.275 e. The molecule has 0 aliphatic carbocycles. The number of halogens is 3. The van der Waals surface area contributed by atoms with E-state index in [1.165, 1.54) is 28.7 Å². The topological polar surface area (TPSA) is 88.6 Å². The Morgan fingerprint density at radius 3 is 2.38 bits per heavy atom. The number of anilines is 1. The first-order chi connectivity index (χ1) is 13.7. The first kappa shape index (κ1) is 23.7. The molecule has 0 saturated carbocycles. The van der Waals surface area contributed by atoms with Crippen LogP contribution in [0.1, 0.15) is 31.3 Å². The third kappa shape index (κ3) is 5.13. The maximum atomic E-state index is 12.8. The number of pyridine rings is 1. The number of hydrogen-bond acceptors (Lipinski definition) is 5. The second kappa shape index (κ2) is 9.95. The van der Waals surface area contributed by atoms with Gasteiger partial charge in [0.15, 0.2) is 0 Å². The molecule has 0 spiro atoms. The van der Waals surface area contributed by atoms with Gasteiger partial charge in [0.1, 0.15) is 11.4 Å². The molecule has 0 saturated heterocycles. The molecule has 11 heteroatoms. The highest BCUT2D eigenvalue weighted by atomic mass is 35.5. The van der Waals surface area contributed by atoms with Crippen molar-refractivity contribution in [2.75, 3.05) is 25.0 Å². The van der Waals surface area contributed by atoms with Gasteiger partial charge in [-0.1, -0.05) is 48.7 Å². The van der Waals surface area contributed by atoms with Crippen LogP contribution in [0.4, 0.5) is 5.69 Å². The summed E-state index contributed by atoms with van der Waals surface area (Å²) in [5.41, 5.74) is 0.00883. The number of aromatic nitrogens is 1. The largest absolute Gasteiger partial charge is 0.492 e. The summed E-state index contributed by atoms with van der Waals surface area (Å²) in [5, 5.41) is 2.58. The fraction of sp³-hybridized carbons (Fsp3) is 0.333. The molecule has 0 bridgehead atoms. The number of amides is 1. The summed E-state index contributed by atoms with van der Waals surface area (Å²) in [6.07, 6.45) is 1.20. The summed E-state index contributed by atoms with van der Waals surface area (Å²) in [6, 6.07) is 4.25. The second-order valence-electron chi connectivity index (χ2n) is 5.72. The van der Waals surface area contributed by atoms with E-state index in [2.05, 4.69) is 10.3 Å². The van der Waals surface area contributed by atoms with Gasteiger partial charge in [0.05, 0.1) is 32.3 Å². The average Bonchev–Trinajstić information content (AvgIpc) is 2.68. The van der Waals surface area contributed by atoms with Crippen molar-refractivity contribution in [3.8, 4) is 5.75 Å². The van der Waals surface area contributed by atoms with Gasteiger partial charge >= 0.3 is 0 Å². The van der Waals surface area contributed by atoms with Gasteiger partial charge in [-0.05, 0) is 25.1 Å². The van der Waals surface area contributed by atoms with Crippen molar-refractivity contribution in [3.63, 3.8) is 0 Å². The van der Waals surface area contributed by atoms with Crippen LogP contribution in [-0.4, -0.2) is 43.3 Å². The van der Waals surface area contributed by atoms with Crippen molar-refractivity contribution < 1.29 is 17.9 Å². The summed E-state index contributed by atoms with van der Waals surface area (Å²) in [5.74, 6) is -0.387. The van der Waals surface area contributed by atoms with E-state index in [0.717, 1.165) is 0 Å². The van der Waals surface area contributed by atoms with E-state index in [9.17, 15) is 13.2 Å². The van der Waals surface area contributed by atoms with E-state index < -0.39 is 15.9 Å². The fourth-order valence-corrected chi connectivity index (χ4v) is 4.60. The second-order valence-corrected chi connectivity index (χ2v) is 8.82. The van der Waals surface area contributed by atoms with Crippen molar-refractivity contribution >= 4 is 56.4 Å². The average molecular weight is 481 g/mol. The Morgan fingerprint density at radius 1 is 1.14 bits per heavy atom. The lowest BCUT2D eigenvalue weighted by atomic mass is 10.2. The molecule has 1 amide bonds. The minimum atomic E-state index is -3.73. The predicted molar refractivity (Wildman–Crippen MR) is 115 cm³/mol. The van der Waals surface area contributed by atoms with E-state index in [1.807, 2.05) is 0 Å². The number of nitrogens with one attached hydrogen (secondary N) is 1. The van der Waals surface area contributed by atoms with Crippen molar-refractivity contribution in [1.82, 2.24) is 9.29 Å². The molecule has 1 heterocycles. The summed E-state index contributed by atoms with van der Waals surface area (Å²) in [6.45, 7) is 6.21. The number of carbonyl (C=O) groups excluding carboxylic acids is 1. The standard InChI is InChI=1S/C18H20Cl3N3O4S/c1-4-24(5-2)29(26,27)11-7-8-14(28-6-3)13(9-11)23-18(25)17-16(21)15(20)12(19)10-22-17/h7-10H,4-6H2,1-3H3,(H,23,25). The van der Waals surface area contributed by atoms with E-state index >= 15 is 0 Å². The van der Waals surface area contributed by atoms with Crippen molar-refractivity contribution in [1.29, 1.82) is 0 Å². The summed E-state index contributed by atoms with van der Waals surface area (Å²) < 4.78 is 32.4. The molecule has 158 valence electrons. The molecule has 2 rings (SSSR count). The van der Waals surface area contributed by atoms with E-state index in [1.54, 1.807) is 20.8 Å². The van der Waals surface area contributed by atoms with Crippen LogP contribution in [0.3, 0.4) is 0 Å². The molecule has 0 aliphatic rings. The highest BCUT2D eigenvalue weighted by Crippen LogP contribution is 2.33. The minimum Gasteiger partial charge on any atom is -0.492 e. The molecule has 0 aliphatic heterocycles. The first-order valence-corrected chi connectivity index (χ1v) is 11.3. The van der Waals surface area contributed by atoms with Crippen LogP contribution in [0.15, 0.2) is 29.3 Å². The number of rotatable bonds is 8. The molecule has 0 fully saturated rings. The van der Waals surface area contributed by atoms with Gasteiger partial charge in [-0.25, -0.2) is 13.4 Å². The number of hydrogen-bond donors (Lipinski definition) is 1. The lowest BCUT2D eigenvalue weighted by Crippen LogP contribution is -2.30. The van der Waals surface area contributed by atoms with Crippen LogP contribution in [-0.2, 0) is 10.0 Å². The Hall–Kier alpha value is -1.58. The molecule has 2 aromatic rings. The van der Waals surface area contributed by atoms with Crippen molar-refractivity contribution in [3.05, 3.63) is 45.2 Å². The van der Waals surface area contributed by atoms with E-state index in [0.29, 0.717) is 25.4 Å². The number of benzene rings is 1. The molecule has 0 unspecified atom stereocenters. The SMILES string of the molecule is CCOc1ccc(S(=O)(=O)N(CC)CC)cc1NC(=O)c1ncc(Cl)c(Cl)c1Cl. The Kier molecular flexibility index (Phi) is 8.13. The van der Waals surface area contributed by atoms with E-state index in [4.69, 9.17) is 39.5 Å². The Balaban J connectivity index is 2.48. The van der Waals surface area contributed by atoms with Crippen LogP contribution in [0.25, 0.3) is 0 Å². The summed E-state index contributed by atoms with van der Waals surface area (Å²) >= 11 is 17.9. The van der Waals surface area contributed by atoms with Gasteiger partial charge in [-0.3, -0.25) is 4.79 Å². The maximum absolute atomic E-state index is 12.8. The van der Waals surface area contributed by atoms with Crippen LogP contribution in [0.5, 0.6) is 5.75 Å². The molecule has 1 N–H and O–H groups in total. The van der Waals surface area contributed by atoms with Crippen LogP contribution in [0, 0.1) is 0 Å². The molecule has 1 aromatic carbocycles. The monoisotopic (exact) mass is 479 g/mol. The summed E-state index contributed by atoms with van der Waals surface area (Å²) in [7, 11) is -3.73. The van der Waals surface area contributed by atoms with Gasteiger partial charge < -0.3 is 10.1 Å². The van der Waals surface area contributed by atoms with Gasteiger partial charge in [0.2, 0.25) is 10.0 Å². The fourth-order valence-electron chi connectivity index (χ4n) is 2.54. The third-order valence-electron chi connectivity index (χ3n) is 3.97.